The van der Waals surface area contributed by atoms with E-state index in [-0.39, 0.29) is 23.0 Å². The molecule has 2 aliphatic rings. The van der Waals surface area contributed by atoms with Crippen molar-refractivity contribution in [3.63, 3.8) is 0 Å². The van der Waals surface area contributed by atoms with Crippen LogP contribution in [0.5, 0.6) is 17.2 Å². The van der Waals surface area contributed by atoms with Crippen LogP contribution in [0.25, 0.3) is 6.08 Å². The molecule has 0 saturated heterocycles. The van der Waals surface area contributed by atoms with Crippen LogP contribution in [0.1, 0.15) is 11.1 Å². The predicted molar refractivity (Wildman–Crippen MR) is 97.7 cm³/mol. The molecule has 2 heterocycles. The Morgan fingerprint density at radius 3 is 2.68 bits per heavy atom. The van der Waals surface area contributed by atoms with Gasteiger partial charge in [-0.05, 0) is 35.9 Å². The van der Waals surface area contributed by atoms with E-state index in [9.17, 15) is 14.9 Å². The Hall–Kier alpha value is -3.88. The number of aliphatic imine (C=N–C) groups is 1. The fourth-order valence-corrected chi connectivity index (χ4v) is 2.81. The number of hydrogen-bond donors (Lipinski definition) is 0. The maximum Gasteiger partial charge on any atom is 0.363 e. The lowest BCUT2D eigenvalue weighted by Gasteiger charge is -2.18. The summed E-state index contributed by atoms with van der Waals surface area (Å²) in [4.78, 5) is 26.9. The molecule has 4 rings (SSSR count). The van der Waals surface area contributed by atoms with Gasteiger partial charge >= 0.3 is 11.7 Å². The minimum absolute atomic E-state index is 0.0143. The molecule has 2 aliphatic heterocycles. The van der Waals surface area contributed by atoms with E-state index in [1.165, 1.54) is 25.3 Å². The van der Waals surface area contributed by atoms with Crippen LogP contribution in [0, 0.1) is 10.1 Å². The Morgan fingerprint density at radius 1 is 1.14 bits per heavy atom. The molecule has 9 heteroatoms. The summed E-state index contributed by atoms with van der Waals surface area (Å²) in [6, 6.07) is 9.45. The molecule has 0 fully saturated rings. The second-order valence-electron chi connectivity index (χ2n) is 5.88. The second kappa shape index (κ2) is 7.03. The zero-order valence-corrected chi connectivity index (χ0v) is 14.7. The number of nitro benzene ring substituents is 1. The van der Waals surface area contributed by atoms with E-state index in [1.54, 1.807) is 24.3 Å². The molecule has 2 aromatic carbocycles. The highest BCUT2D eigenvalue weighted by Crippen LogP contribution is 2.32. The first-order valence-electron chi connectivity index (χ1n) is 8.30. The highest BCUT2D eigenvalue weighted by molar-refractivity contribution is 6.13. The molecule has 0 bridgehead atoms. The summed E-state index contributed by atoms with van der Waals surface area (Å²) in [5.41, 5.74) is 0.807. The molecule has 0 aliphatic carbocycles. The normalized spacial score (nSPS) is 16.5. The maximum atomic E-state index is 12.2. The van der Waals surface area contributed by atoms with Gasteiger partial charge < -0.3 is 18.9 Å². The summed E-state index contributed by atoms with van der Waals surface area (Å²) in [5, 5.41) is 11.2. The van der Waals surface area contributed by atoms with Gasteiger partial charge in [-0.3, -0.25) is 10.1 Å². The first-order valence-corrected chi connectivity index (χ1v) is 8.30. The number of esters is 1. The SMILES string of the molecule is COc1ccc(C2=N/C(=C\c3ccc4c(c3)OCCO4)C(=O)O2)cc1[N+](=O)[O-]. The fourth-order valence-electron chi connectivity index (χ4n) is 2.81. The van der Waals surface area contributed by atoms with E-state index < -0.39 is 10.9 Å². The minimum atomic E-state index is -0.650. The number of carbonyl (C=O) groups excluding carboxylic acids is 1. The van der Waals surface area contributed by atoms with Gasteiger partial charge in [-0.25, -0.2) is 9.79 Å². The summed E-state index contributed by atoms with van der Waals surface area (Å²) >= 11 is 0. The van der Waals surface area contributed by atoms with Crippen LogP contribution in [0.15, 0.2) is 47.1 Å². The molecule has 28 heavy (non-hydrogen) atoms. The zero-order chi connectivity index (χ0) is 19.7. The van der Waals surface area contributed by atoms with Gasteiger partial charge in [0.15, 0.2) is 22.9 Å². The Labute approximate surface area is 159 Å². The molecule has 0 N–H and O–H groups in total. The quantitative estimate of drug-likeness (QED) is 0.346. The van der Waals surface area contributed by atoms with Gasteiger partial charge in [0.2, 0.25) is 5.90 Å². The molecule has 0 amide bonds. The van der Waals surface area contributed by atoms with Crippen LogP contribution in [-0.2, 0) is 9.53 Å². The number of fused-ring (bicyclic) bond motifs is 1. The average Bonchev–Trinajstić information content (AvgIpc) is 3.07. The van der Waals surface area contributed by atoms with Gasteiger partial charge in [0.1, 0.15) is 13.2 Å². The van der Waals surface area contributed by atoms with Crippen LogP contribution in [-0.4, -0.2) is 37.1 Å². The Balaban J connectivity index is 1.66. The first kappa shape index (κ1) is 17.5. The third-order valence-electron chi connectivity index (χ3n) is 4.11. The van der Waals surface area contributed by atoms with Gasteiger partial charge in [-0.2, -0.15) is 0 Å². The molecule has 142 valence electrons. The second-order valence-corrected chi connectivity index (χ2v) is 5.88. The molecule has 0 atom stereocenters. The molecule has 9 nitrogen and oxygen atoms in total. The fraction of sp³-hybridized carbons (Fsp3) is 0.158. The van der Waals surface area contributed by atoms with Crippen LogP contribution in [0.3, 0.4) is 0 Å². The van der Waals surface area contributed by atoms with Crippen molar-refractivity contribution in [3.05, 3.63) is 63.3 Å². The van der Waals surface area contributed by atoms with E-state index in [0.717, 1.165) is 0 Å². The van der Waals surface area contributed by atoms with E-state index in [0.29, 0.717) is 35.8 Å². The van der Waals surface area contributed by atoms with Gasteiger partial charge in [-0.15, -0.1) is 0 Å². The topological polar surface area (TPSA) is 109 Å². The summed E-state index contributed by atoms with van der Waals surface area (Å²) in [5.74, 6) is 0.660. The van der Waals surface area contributed by atoms with Crippen molar-refractivity contribution >= 4 is 23.6 Å². The lowest BCUT2D eigenvalue weighted by Crippen LogP contribution is -2.15. The number of methoxy groups -OCH3 is 1. The number of nitro groups is 1. The highest BCUT2D eigenvalue weighted by Gasteiger charge is 2.27. The Morgan fingerprint density at radius 2 is 1.93 bits per heavy atom. The number of benzene rings is 2. The van der Waals surface area contributed by atoms with Gasteiger partial charge in [0.05, 0.1) is 12.0 Å². The smallest absolute Gasteiger partial charge is 0.363 e. The maximum absolute atomic E-state index is 12.2. The van der Waals surface area contributed by atoms with Crippen molar-refractivity contribution in [2.24, 2.45) is 4.99 Å². The van der Waals surface area contributed by atoms with Crippen LogP contribution in [0.2, 0.25) is 0 Å². The number of carbonyl (C=O) groups is 1. The van der Waals surface area contributed by atoms with Crippen molar-refractivity contribution in [3.8, 4) is 17.2 Å². The Bertz CT molecular complexity index is 1040. The molecular formula is C19H14N2O7. The molecule has 0 unspecified atom stereocenters. The van der Waals surface area contributed by atoms with E-state index >= 15 is 0 Å². The van der Waals surface area contributed by atoms with Crippen molar-refractivity contribution in [1.29, 1.82) is 0 Å². The lowest BCUT2D eigenvalue weighted by molar-refractivity contribution is -0.385. The third-order valence-corrected chi connectivity index (χ3v) is 4.11. The first-order chi connectivity index (χ1) is 13.5. The highest BCUT2D eigenvalue weighted by atomic mass is 16.6. The average molecular weight is 382 g/mol. The van der Waals surface area contributed by atoms with Crippen molar-refractivity contribution in [1.82, 2.24) is 0 Å². The number of cyclic esters (lactones) is 1. The lowest BCUT2D eigenvalue weighted by atomic mass is 10.1. The van der Waals surface area contributed by atoms with E-state index in [4.69, 9.17) is 18.9 Å². The van der Waals surface area contributed by atoms with Gasteiger partial charge in [0, 0.05) is 11.6 Å². The summed E-state index contributed by atoms with van der Waals surface area (Å²) in [6.07, 6.45) is 1.55. The Kier molecular flexibility index (Phi) is 4.40. The van der Waals surface area contributed by atoms with Gasteiger partial charge in [0.25, 0.3) is 0 Å². The summed E-state index contributed by atoms with van der Waals surface area (Å²) in [7, 11) is 1.34. The zero-order valence-electron chi connectivity index (χ0n) is 14.7. The van der Waals surface area contributed by atoms with Crippen molar-refractivity contribution < 1.29 is 28.7 Å². The third kappa shape index (κ3) is 3.25. The molecule has 0 aromatic heterocycles. The largest absolute Gasteiger partial charge is 0.490 e. The standard InChI is InChI=1S/C19H14N2O7/c1-25-15-5-3-12(10-14(15)21(23)24)18-20-13(19(22)28-18)8-11-2-4-16-17(9-11)27-7-6-26-16/h2-5,8-10H,6-7H2,1H3/b13-8-. The number of rotatable bonds is 4. The number of nitrogens with zero attached hydrogens (tertiary/aromatic N) is 2. The predicted octanol–water partition coefficient (Wildman–Crippen LogP) is 2.72. The number of ether oxygens (including phenoxy) is 4. The molecule has 0 spiro atoms. The minimum Gasteiger partial charge on any atom is -0.490 e. The molecule has 0 saturated carbocycles. The van der Waals surface area contributed by atoms with Crippen molar-refractivity contribution in [2.75, 3.05) is 20.3 Å². The van der Waals surface area contributed by atoms with E-state index in [2.05, 4.69) is 4.99 Å². The molecule has 0 radical (unpaired) electrons. The van der Waals surface area contributed by atoms with Crippen LogP contribution in [0.4, 0.5) is 5.69 Å². The number of hydrogen-bond acceptors (Lipinski definition) is 8. The van der Waals surface area contributed by atoms with Crippen LogP contribution < -0.4 is 14.2 Å². The van der Waals surface area contributed by atoms with Gasteiger partial charge in [-0.1, -0.05) is 6.07 Å². The molecular weight excluding hydrogens is 368 g/mol. The monoisotopic (exact) mass is 382 g/mol. The van der Waals surface area contributed by atoms with Crippen molar-refractivity contribution in [2.45, 2.75) is 0 Å². The van der Waals surface area contributed by atoms with Crippen LogP contribution >= 0.6 is 0 Å². The van der Waals surface area contributed by atoms with E-state index in [1.807, 2.05) is 0 Å². The summed E-state index contributed by atoms with van der Waals surface area (Å²) in [6.45, 7) is 0.940. The molecule has 2 aromatic rings. The summed E-state index contributed by atoms with van der Waals surface area (Å²) < 4.78 is 21.1.